The summed E-state index contributed by atoms with van der Waals surface area (Å²) < 4.78 is 2.45. The monoisotopic (exact) mass is 356 g/mol. The molecule has 1 N–H and O–H groups in total. The summed E-state index contributed by atoms with van der Waals surface area (Å²) in [5.41, 5.74) is 3.03. The Hall–Kier alpha value is -0.910. The molecule has 0 bridgehead atoms. The van der Waals surface area contributed by atoms with Crippen molar-refractivity contribution in [1.82, 2.24) is 20.3 Å². The number of nitrogens with one attached hydrogen (secondary N) is 1. The molecule has 1 aromatic carbocycles. The van der Waals surface area contributed by atoms with Gasteiger partial charge in [-0.15, -0.1) is 5.10 Å². The third-order valence-electron chi connectivity index (χ3n) is 3.23. The Bertz CT molecular complexity index is 577. The average Bonchev–Trinajstić information content (AvgIpc) is 2.75. The minimum atomic E-state index is 0.240. The molecule has 0 aliphatic carbocycles. The predicted octanol–water partition coefficient (Wildman–Crippen LogP) is 3.96. The Morgan fingerprint density at radius 1 is 1.45 bits per heavy atom. The highest BCUT2D eigenvalue weighted by molar-refractivity contribution is 9.10. The quantitative estimate of drug-likeness (QED) is 0.881. The first-order chi connectivity index (χ1) is 9.54. The van der Waals surface area contributed by atoms with Crippen molar-refractivity contribution in [1.29, 1.82) is 0 Å². The molecule has 1 heterocycles. The number of nitrogens with zero attached hydrogens (tertiary/aromatic N) is 3. The molecule has 0 amide bonds. The Labute approximate surface area is 132 Å². The molecule has 0 fully saturated rings. The van der Waals surface area contributed by atoms with Gasteiger partial charge in [-0.2, -0.15) is 0 Å². The molecule has 1 aromatic heterocycles. The second-order valence-corrected chi connectivity index (χ2v) is 5.92. The minimum absolute atomic E-state index is 0.240. The molecular formula is C14H18BrClN4. The zero-order valence-electron chi connectivity index (χ0n) is 11.8. The van der Waals surface area contributed by atoms with Gasteiger partial charge in [-0.25, -0.2) is 4.68 Å². The topological polar surface area (TPSA) is 42.7 Å². The largest absolute Gasteiger partial charge is 0.310 e. The number of halogens is 2. The minimum Gasteiger partial charge on any atom is -0.310 e. The summed E-state index contributed by atoms with van der Waals surface area (Å²) in [7, 11) is 1.86. The number of aromatic nitrogens is 3. The highest BCUT2D eigenvalue weighted by atomic mass is 79.9. The fourth-order valence-electron chi connectivity index (χ4n) is 2.13. The first-order valence-electron chi connectivity index (χ1n) is 6.63. The van der Waals surface area contributed by atoms with Crippen LogP contribution in [-0.2, 0) is 7.05 Å². The van der Waals surface area contributed by atoms with Gasteiger partial charge in [0.25, 0.3) is 0 Å². The van der Waals surface area contributed by atoms with Gasteiger partial charge >= 0.3 is 0 Å². The predicted molar refractivity (Wildman–Crippen MR) is 85.9 cm³/mol. The summed E-state index contributed by atoms with van der Waals surface area (Å²) in [5.74, 6) is 0. The van der Waals surface area contributed by atoms with Crippen LogP contribution in [0.1, 0.15) is 31.9 Å². The highest BCUT2D eigenvalue weighted by Crippen LogP contribution is 2.31. The van der Waals surface area contributed by atoms with Gasteiger partial charge in [0.05, 0.1) is 0 Å². The van der Waals surface area contributed by atoms with Crippen LogP contribution >= 0.6 is 27.5 Å². The molecule has 2 aromatic rings. The Balaban J connectivity index is 2.30. The number of hydrogen-bond donors (Lipinski definition) is 1. The van der Waals surface area contributed by atoms with Crippen LogP contribution in [0.4, 0.5) is 0 Å². The molecule has 0 saturated heterocycles. The molecule has 0 spiro atoms. The third kappa shape index (κ3) is 3.22. The fraction of sp³-hybridized carbons (Fsp3) is 0.429. The standard InChI is InChI=1S/C14H18BrClN4/c1-4-7-17-9(2)11-6-5-10(8-12(11)16)13-14(15)18-19-20(13)3/h5-6,8-9,17H,4,7H2,1-3H3. The van der Waals surface area contributed by atoms with Crippen molar-refractivity contribution in [3.05, 3.63) is 33.4 Å². The van der Waals surface area contributed by atoms with E-state index in [1.807, 2.05) is 13.1 Å². The lowest BCUT2D eigenvalue weighted by atomic mass is 10.0. The SMILES string of the molecule is CCCNC(C)c1ccc(-c2c(Br)nnn2C)cc1Cl. The van der Waals surface area contributed by atoms with Crippen LogP contribution < -0.4 is 5.32 Å². The summed E-state index contributed by atoms with van der Waals surface area (Å²) in [6, 6.07) is 6.31. The van der Waals surface area contributed by atoms with Gasteiger partial charge in [0.15, 0.2) is 4.60 Å². The molecule has 20 heavy (non-hydrogen) atoms. The Kier molecular flexibility index (Phi) is 5.18. The van der Waals surface area contributed by atoms with Crippen molar-refractivity contribution in [2.45, 2.75) is 26.3 Å². The molecule has 2 rings (SSSR count). The highest BCUT2D eigenvalue weighted by Gasteiger charge is 2.14. The van der Waals surface area contributed by atoms with Crippen molar-refractivity contribution in [3.8, 4) is 11.3 Å². The van der Waals surface area contributed by atoms with Crippen LogP contribution in [0.25, 0.3) is 11.3 Å². The lowest BCUT2D eigenvalue weighted by Crippen LogP contribution is -2.19. The summed E-state index contributed by atoms with van der Waals surface area (Å²) in [6.07, 6.45) is 1.10. The Morgan fingerprint density at radius 2 is 2.20 bits per heavy atom. The van der Waals surface area contributed by atoms with Crippen LogP contribution in [0.2, 0.25) is 5.02 Å². The molecule has 0 aliphatic rings. The van der Waals surface area contributed by atoms with Crippen molar-refractivity contribution in [3.63, 3.8) is 0 Å². The molecule has 0 radical (unpaired) electrons. The van der Waals surface area contributed by atoms with E-state index in [0.717, 1.165) is 39.4 Å². The summed E-state index contributed by atoms with van der Waals surface area (Å²) in [5, 5.41) is 12.2. The second kappa shape index (κ2) is 6.70. The van der Waals surface area contributed by atoms with Crippen LogP contribution in [0.15, 0.2) is 22.8 Å². The van der Waals surface area contributed by atoms with Crippen LogP contribution in [-0.4, -0.2) is 21.5 Å². The van der Waals surface area contributed by atoms with Crippen LogP contribution in [0, 0.1) is 0 Å². The molecular weight excluding hydrogens is 340 g/mol. The normalized spacial score (nSPS) is 12.7. The maximum atomic E-state index is 6.42. The molecule has 1 atom stereocenters. The summed E-state index contributed by atoms with van der Waals surface area (Å²) >= 11 is 9.83. The van der Waals surface area contributed by atoms with Crippen molar-refractivity contribution in [2.75, 3.05) is 6.54 Å². The molecule has 0 saturated carbocycles. The van der Waals surface area contributed by atoms with E-state index in [1.54, 1.807) is 4.68 Å². The van der Waals surface area contributed by atoms with Gasteiger partial charge in [-0.05, 0) is 47.4 Å². The fourth-order valence-corrected chi connectivity index (χ4v) is 3.03. The molecule has 6 heteroatoms. The van der Waals surface area contributed by atoms with E-state index in [2.05, 4.69) is 57.5 Å². The summed E-state index contributed by atoms with van der Waals surface area (Å²) in [6.45, 7) is 5.26. The lowest BCUT2D eigenvalue weighted by molar-refractivity contribution is 0.571. The maximum absolute atomic E-state index is 6.42. The maximum Gasteiger partial charge on any atom is 0.156 e. The lowest BCUT2D eigenvalue weighted by Gasteiger charge is -2.16. The number of rotatable bonds is 5. The van der Waals surface area contributed by atoms with E-state index in [9.17, 15) is 0 Å². The van der Waals surface area contributed by atoms with Crippen molar-refractivity contribution >= 4 is 27.5 Å². The van der Waals surface area contributed by atoms with Gasteiger partial charge < -0.3 is 5.32 Å². The number of aryl methyl sites for hydroxylation is 1. The van der Waals surface area contributed by atoms with Gasteiger partial charge in [0.1, 0.15) is 5.69 Å². The average molecular weight is 358 g/mol. The van der Waals surface area contributed by atoms with Crippen LogP contribution in [0.3, 0.4) is 0 Å². The zero-order chi connectivity index (χ0) is 14.7. The second-order valence-electron chi connectivity index (χ2n) is 4.76. The van der Waals surface area contributed by atoms with E-state index in [-0.39, 0.29) is 6.04 Å². The third-order valence-corrected chi connectivity index (χ3v) is 4.09. The van der Waals surface area contributed by atoms with Gasteiger partial charge in [0, 0.05) is 23.7 Å². The molecule has 0 aliphatic heterocycles. The first kappa shape index (κ1) is 15.5. The van der Waals surface area contributed by atoms with E-state index in [1.165, 1.54) is 0 Å². The van der Waals surface area contributed by atoms with E-state index >= 15 is 0 Å². The first-order valence-corrected chi connectivity index (χ1v) is 7.80. The van der Waals surface area contributed by atoms with Gasteiger partial charge in [-0.1, -0.05) is 35.9 Å². The smallest absolute Gasteiger partial charge is 0.156 e. The van der Waals surface area contributed by atoms with E-state index < -0.39 is 0 Å². The van der Waals surface area contributed by atoms with Crippen LogP contribution in [0.5, 0.6) is 0 Å². The van der Waals surface area contributed by atoms with Gasteiger partial charge in [-0.3, -0.25) is 0 Å². The van der Waals surface area contributed by atoms with Crippen molar-refractivity contribution in [2.24, 2.45) is 7.05 Å². The number of hydrogen-bond acceptors (Lipinski definition) is 3. The molecule has 1 unspecified atom stereocenters. The van der Waals surface area contributed by atoms with E-state index in [0.29, 0.717) is 0 Å². The van der Waals surface area contributed by atoms with Gasteiger partial charge in [0.2, 0.25) is 0 Å². The molecule has 108 valence electrons. The zero-order valence-corrected chi connectivity index (χ0v) is 14.2. The summed E-state index contributed by atoms with van der Waals surface area (Å²) in [4.78, 5) is 0. The van der Waals surface area contributed by atoms with E-state index in [4.69, 9.17) is 11.6 Å². The number of benzene rings is 1. The van der Waals surface area contributed by atoms with Crippen molar-refractivity contribution < 1.29 is 0 Å². The Morgan fingerprint density at radius 3 is 2.75 bits per heavy atom. The molecule has 4 nitrogen and oxygen atoms in total.